The van der Waals surface area contributed by atoms with E-state index in [-0.39, 0.29) is 5.43 Å². The Kier molecular flexibility index (Phi) is 3.81. The number of aryl methyl sites for hydroxylation is 4. The van der Waals surface area contributed by atoms with Gasteiger partial charge >= 0.3 is 0 Å². The van der Waals surface area contributed by atoms with Crippen LogP contribution in [0, 0.1) is 27.7 Å². The van der Waals surface area contributed by atoms with Crippen molar-refractivity contribution in [1.82, 2.24) is 4.57 Å². The fraction of sp³-hybridized carbons (Fsp3) is 0.389. The van der Waals surface area contributed by atoms with Crippen molar-refractivity contribution in [3.05, 3.63) is 62.6 Å². The highest BCUT2D eigenvalue weighted by atomic mass is 16.3. The van der Waals surface area contributed by atoms with Gasteiger partial charge in [-0.15, -0.1) is 0 Å². The molecule has 0 amide bonds. The lowest BCUT2D eigenvalue weighted by atomic mass is 9.98. The molecule has 3 nitrogen and oxygen atoms in total. The third-order valence-electron chi connectivity index (χ3n) is 3.78. The molecule has 2 aromatic rings. The summed E-state index contributed by atoms with van der Waals surface area (Å²) in [5, 5.41) is 10.2. The maximum absolute atomic E-state index is 12.1. The molecular formula is C18H23NO2. The lowest BCUT2D eigenvalue weighted by Crippen LogP contribution is -2.27. The smallest absolute Gasteiger partial charge is 0.187 e. The van der Waals surface area contributed by atoms with Crippen LogP contribution in [0.25, 0.3) is 5.69 Å². The molecule has 0 aliphatic carbocycles. The zero-order valence-electron chi connectivity index (χ0n) is 13.6. The van der Waals surface area contributed by atoms with Gasteiger partial charge in [-0.1, -0.05) is 17.7 Å². The number of benzene rings is 1. The number of nitrogens with zero attached hydrogens (tertiary/aromatic N) is 1. The first-order valence-electron chi connectivity index (χ1n) is 7.15. The van der Waals surface area contributed by atoms with Crippen molar-refractivity contribution in [2.45, 2.75) is 47.1 Å². The summed E-state index contributed by atoms with van der Waals surface area (Å²) in [6.45, 7) is 11.4. The largest absolute Gasteiger partial charge is 0.386 e. The van der Waals surface area contributed by atoms with Gasteiger partial charge in [0.15, 0.2) is 5.43 Å². The standard InChI is InChI=1S/C18H23NO2/c1-11-7-12(2)17(13(3)8-11)19-10-15(18(5,6)21)16(20)9-14(19)4/h7-10,21H,1-6H3. The molecule has 0 spiro atoms. The second-order valence-corrected chi connectivity index (χ2v) is 6.37. The summed E-state index contributed by atoms with van der Waals surface area (Å²) >= 11 is 0. The van der Waals surface area contributed by atoms with Gasteiger partial charge in [-0.25, -0.2) is 0 Å². The van der Waals surface area contributed by atoms with Gasteiger partial charge in [-0.05, 0) is 52.7 Å². The summed E-state index contributed by atoms with van der Waals surface area (Å²) in [4.78, 5) is 12.1. The summed E-state index contributed by atoms with van der Waals surface area (Å²) in [5.74, 6) is 0. The Balaban J connectivity index is 2.80. The second kappa shape index (κ2) is 5.15. The number of rotatable bonds is 2. The van der Waals surface area contributed by atoms with Crippen molar-refractivity contribution < 1.29 is 5.11 Å². The molecule has 0 unspecified atom stereocenters. The quantitative estimate of drug-likeness (QED) is 0.920. The predicted octanol–water partition coefficient (Wildman–Crippen LogP) is 3.30. The third-order valence-corrected chi connectivity index (χ3v) is 3.78. The van der Waals surface area contributed by atoms with Gasteiger partial charge in [-0.3, -0.25) is 4.79 Å². The van der Waals surface area contributed by atoms with Crippen LogP contribution >= 0.6 is 0 Å². The zero-order valence-corrected chi connectivity index (χ0v) is 13.6. The molecule has 0 saturated heterocycles. The maximum atomic E-state index is 12.1. The SMILES string of the molecule is Cc1cc(C)c(-n2cc(C(C)(C)O)c(=O)cc2C)c(C)c1. The van der Waals surface area contributed by atoms with Gasteiger partial charge in [0, 0.05) is 23.5 Å². The highest BCUT2D eigenvalue weighted by Gasteiger charge is 2.21. The van der Waals surface area contributed by atoms with Crippen LogP contribution in [0.5, 0.6) is 0 Å². The minimum Gasteiger partial charge on any atom is -0.386 e. The Morgan fingerprint density at radius 2 is 1.52 bits per heavy atom. The van der Waals surface area contributed by atoms with Crippen LogP contribution in [0.4, 0.5) is 0 Å². The molecule has 112 valence electrons. The van der Waals surface area contributed by atoms with Crippen molar-refractivity contribution in [3.8, 4) is 5.69 Å². The van der Waals surface area contributed by atoms with Gasteiger partial charge in [0.05, 0.1) is 11.3 Å². The van der Waals surface area contributed by atoms with E-state index in [0.29, 0.717) is 5.56 Å². The Hall–Kier alpha value is -1.87. The fourth-order valence-corrected chi connectivity index (χ4v) is 2.88. The second-order valence-electron chi connectivity index (χ2n) is 6.37. The van der Waals surface area contributed by atoms with Gasteiger partial charge in [-0.2, -0.15) is 0 Å². The van der Waals surface area contributed by atoms with Crippen LogP contribution in [0.2, 0.25) is 0 Å². The van der Waals surface area contributed by atoms with E-state index < -0.39 is 5.60 Å². The third kappa shape index (κ3) is 2.93. The Morgan fingerprint density at radius 3 is 2.00 bits per heavy atom. The summed E-state index contributed by atoms with van der Waals surface area (Å²) in [5.41, 5.74) is 4.59. The molecule has 1 aromatic carbocycles. The first-order valence-corrected chi connectivity index (χ1v) is 7.15. The molecule has 0 fully saturated rings. The van der Waals surface area contributed by atoms with Gasteiger partial charge in [0.25, 0.3) is 0 Å². The van der Waals surface area contributed by atoms with Crippen LogP contribution in [0.3, 0.4) is 0 Å². The molecule has 2 rings (SSSR count). The molecule has 3 heteroatoms. The lowest BCUT2D eigenvalue weighted by molar-refractivity contribution is 0.0769. The number of pyridine rings is 1. The normalized spacial score (nSPS) is 11.8. The summed E-state index contributed by atoms with van der Waals surface area (Å²) < 4.78 is 2.00. The molecule has 1 heterocycles. The first kappa shape index (κ1) is 15.5. The van der Waals surface area contributed by atoms with Crippen LogP contribution in [-0.2, 0) is 5.60 Å². The summed E-state index contributed by atoms with van der Waals surface area (Å²) in [6.07, 6.45) is 1.77. The highest BCUT2D eigenvalue weighted by molar-refractivity contribution is 5.50. The summed E-state index contributed by atoms with van der Waals surface area (Å²) in [7, 11) is 0. The molecule has 0 aliphatic heterocycles. The lowest BCUT2D eigenvalue weighted by Gasteiger charge is -2.22. The molecule has 1 aromatic heterocycles. The Morgan fingerprint density at radius 1 is 1.00 bits per heavy atom. The first-order chi connectivity index (χ1) is 9.61. The monoisotopic (exact) mass is 285 g/mol. The minimum atomic E-state index is -1.15. The highest BCUT2D eigenvalue weighted by Crippen LogP contribution is 2.24. The molecule has 0 bridgehead atoms. The number of hydrogen-bond donors (Lipinski definition) is 1. The van der Waals surface area contributed by atoms with Crippen LogP contribution in [0.1, 0.15) is 41.8 Å². The van der Waals surface area contributed by atoms with E-state index in [2.05, 4.69) is 32.9 Å². The average Bonchev–Trinajstić information content (AvgIpc) is 2.28. The van der Waals surface area contributed by atoms with Gasteiger partial charge in [0.1, 0.15) is 0 Å². The molecule has 0 aliphatic rings. The van der Waals surface area contributed by atoms with E-state index in [1.54, 1.807) is 26.1 Å². The Labute approximate surface area is 125 Å². The average molecular weight is 285 g/mol. The van der Waals surface area contributed by atoms with E-state index in [1.807, 2.05) is 11.5 Å². The van der Waals surface area contributed by atoms with E-state index in [0.717, 1.165) is 22.5 Å². The maximum Gasteiger partial charge on any atom is 0.187 e. The molecule has 0 radical (unpaired) electrons. The van der Waals surface area contributed by atoms with E-state index in [4.69, 9.17) is 0 Å². The zero-order chi connectivity index (χ0) is 15.9. The molecule has 0 saturated carbocycles. The topological polar surface area (TPSA) is 42.2 Å². The molecular weight excluding hydrogens is 262 g/mol. The summed E-state index contributed by atoms with van der Waals surface area (Å²) in [6, 6.07) is 5.85. The van der Waals surface area contributed by atoms with Crippen molar-refractivity contribution in [1.29, 1.82) is 0 Å². The minimum absolute atomic E-state index is 0.126. The van der Waals surface area contributed by atoms with Crippen molar-refractivity contribution in [3.63, 3.8) is 0 Å². The van der Waals surface area contributed by atoms with Gasteiger partial charge < -0.3 is 9.67 Å². The fourth-order valence-electron chi connectivity index (χ4n) is 2.88. The van der Waals surface area contributed by atoms with Crippen molar-refractivity contribution >= 4 is 0 Å². The molecule has 21 heavy (non-hydrogen) atoms. The van der Waals surface area contributed by atoms with Crippen LogP contribution in [0.15, 0.2) is 29.2 Å². The Bertz CT molecular complexity index is 726. The predicted molar refractivity (Wildman–Crippen MR) is 86.2 cm³/mol. The van der Waals surface area contributed by atoms with Crippen LogP contribution in [-0.4, -0.2) is 9.67 Å². The van der Waals surface area contributed by atoms with Gasteiger partial charge in [0.2, 0.25) is 0 Å². The van der Waals surface area contributed by atoms with Crippen molar-refractivity contribution in [2.75, 3.05) is 0 Å². The molecule has 1 N–H and O–H groups in total. The number of aromatic nitrogens is 1. The van der Waals surface area contributed by atoms with Crippen LogP contribution < -0.4 is 5.43 Å². The van der Waals surface area contributed by atoms with E-state index in [1.165, 1.54) is 5.56 Å². The van der Waals surface area contributed by atoms with E-state index >= 15 is 0 Å². The molecule has 0 atom stereocenters. The van der Waals surface area contributed by atoms with E-state index in [9.17, 15) is 9.90 Å². The number of aliphatic hydroxyl groups is 1. The van der Waals surface area contributed by atoms with Crippen molar-refractivity contribution in [2.24, 2.45) is 0 Å². The number of hydrogen-bond acceptors (Lipinski definition) is 2.